The van der Waals surface area contributed by atoms with Crippen molar-refractivity contribution in [2.45, 2.75) is 20.3 Å². The molecule has 0 aliphatic rings. The number of nitrogens with zero attached hydrogens (tertiary/aromatic N) is 1. The number of carbonyl (C=O) groups excluding carboxylic acids is 1. The lowest BCUT2D eigenvalue weighted by Gasteiger charge is -2.23. The summed E-state index contributed by atoms with van der Waals surface area (Å²) in [6.07, 6.45) is 0.784. The highest BCUT2D eigenvalue weighted by atomic mass is 16.3. The number of hydrogen-bond acceptors (Lipinski definition) is 3. The minimum Gasteiger partial charge on any atom is -0.395 e. The zero-order chi connectivity index (χ0) is 10.3. The quantitative estimate of drug-likeness (QED) is 0.610. The van der Waals surface area contributed by atoms with E-state index in [4.69, 9.17) is 10.2 Å². The van der Waals surface area contributed by atoms with Crippen molar-refractivity contribution in [1.29, 1.82) is 0 Å². The molecule has 0 aliphatic heterocycles. The lowest BCUT2D eigenvalue weighted by molar-refractivity contribution is -0.136. The topological polar surface area (TPSA) is 60.8 Å². The van der Waals surface area contributed by atoms with Crippen LogP contribution in [0.3, 0.4) is 0 Å². The van der Waals surface area contributed by atoms with Crippen LogP contribution in [0.2, 0.25) is 0 Å². The molecule has 0 aromatic rings. The van der Waals surface area contributed by atoms with Crippen molar-refractivity contribution in [3.63, 3.8) is 0 Å². The van der Waals surface area contributed by atoms with E-state index < -0.39 is 0 Å². The highest BCUT2D eigenvalue weighted by Gasteiger charge is 2.17. The van der Waals surface area contributed by atoms with Crippen molar-refractivity contribution in [2.75, 3.05) is 26.3 Å². The number of aliphatic hydroxyl groups excluding tert-OH is 2. The van der Waals surface area contributed by atoms with Crippen LogP contribution in [0.25, 0.3) is 0 Å². The van der Waals surface area contributed by atoms with Gasteiger partial charge in [-0.15, -0.1) is 0 Å². The molecule has 78 valence electrons. The summed E-state index contributed by atoms with van der Waals surface area (Å²) in [5.74, 6) is -0.0244. The van der Waals surface area contributed by atoms with Crippen LogP contribution in [-0.4, -0.2) is 47.3 Å². The van der Waals surface area contributed by atoms with E-state index in [2.05, 4.69) is 0 Å². The Morgan fingerprint density at radius 1 is 1.31 bits per heavy atom. The molecular formula is C9H19NO3. The maximum atomic E-state index is 11.6. The Balaban J connectivity index is 4.09. The first-order valence-electron chi connectivity index (χ1n) is 4.67. The third kappa shape index (κ3) is 4.24. The summed E-state index contributed by atoms with van der Waals surface area (Å²) >= 11 is 0. The summed E-state index contributed by atoms with van der Waals surface area (Å²) in [5.41, 5.74) is 0. The number of hydrogen-bond donors (Lipinski definition) is 2. The molecule has 4 heteroatoms. The molecule has 0 radical (unpaired) electrons. The second-order valence-electron chi connectivity index (χ2n) is 3.08. The fraction of sp³-hybridized carbons (Fsp3) is 0.889. The maximum Gasteiger partial charge on any atom is 0.225 e. The van der Waals surface area contributed by atoms with Crippen LogP contribution < -0.4 is 0 Å². The van der Waals surface area contributed by atoms with E-state index in [-0.39, 0.29) is 25.0 Å². The summed E-state index contributed by atoms with van der Waals surface area (Å²) < 4.78 is 0. The van der Waals surface area contributed by atoms with Gasteiger partial charge in [0.05, 0.1) is 13.2 Å². The average molecular weight is 189 g/mol. The van der Waals surface area contributed by atoms with Gasteiger partial charge >= 0.3 is 0 Å². The van der Waals surface area contributed by atoms with E-state index >= 15 is 0 Å². The molecule has 0 aliphatic carbocycles. The molecule has 0 heterocycles. The molecule has 0 aromatic carbocycles. The Hall–Kier alpha value is -0.610. The first-order valence-corrected chi connectivity index (χ1v) is 4.67. The van der Waals surface area contributed by atoms with Gasteiger partial charge in [-0.1, -0.05) is 13.8 Å². The van der Waals surface area contributed by atoms with Gasteiger partial charge in [0.1, 0.15) is 0 Å². The highest BCUT2D eigenvalue weighted by Crippen LogP contribution is 2.05. The maximum absolute atomic E-state index is 11.6. The van der Waals surface area contributed by atoms with E-state index in [0.29, 0.717) is 13.1 Å². The molecule has 1 amide bonds. The number of aliphatic hydroxyl groups is 2. The van der Waals surface area contributed by atoms with Crippen LogP contribution in [0.1, 0.15) is 20.3 Å². The fourth-order valence-electron chi connectivity index (χ4n) is 1.06. The third-order valence-corrected chi connectivity index (χ3v) is 2.09. The van der Waals surface area contributed by atoms with E-state index in [9.17, 15) is 4.79 Å². The molecule has 2 N–H and O–H groups in total. The summed E-state index contributed by atoms with van der Waals surface area (Å²) in [6, 6.07) is 0. The molecule has 0 rings (SSSR count). The number of rotatable bonds is 6. The van der Waals surface area contributed by atoms with E-state index in [1.165, 1.54) is 4.90 Å². The zero-order valence-corrected chi connectivity index (χ0v) is 8.36. The molecule has 4 nitrogen and oxygen atoms in total. The molecule has 0 aromatic heterocycles. The van der Waals surface area contributed by atoms with Gasteiger partial charge in [-0.2, -0.15) is 0 Å². The lowest BCUT2D eigenvalue weighted by Crippen LogP contribution is -2.39. The van der Waals surface area contributed by atoms with Crippen LogP contribution >= 0.6 is 0 Å². The van der Waals surface area contributed by atoms with E-state index in [1.54, 1.807) is 0 Å². The molecule has 0 bridgehead atoms. The Bertz CT molecular complexity index is 144. The molecule has 1 atom stereocenters. The highest BCUT2D eigenvalue weighted by molar-refractivity contribution is 5.78. The van der Waals surface area contributed by atoms with Gasteiger partial charge in [-0.25, -0.2) is 0 Å². The van der Waals surface area contributed by atoms with Gasteiger partial charge in [-0.05, 0) is 6.42 Å². The molecule has 0 saturated carbocycles. The average Bonchev–Trinajstić information content (AvgIpc) is 2.15. The fourth-order valence-corrected chi connectivity index (χ4v) is 1.06. The summed E-state index contributed by atoms with van der Waals surface area (Å²) in [6.45, 7) is 4.31. The van der Waals surface area contributed by atoms with Gasteiger partial charge in [0.15, 0.2) is 0 Å². The second-order valence-corrected chi connectivity index (χ2v) is 3.08. The molecule has 13 heavy (non-hydrogen) atoms. The van der Waals surface area contributed by atoms with Crippen molar-refractivity contribution in [3.8, 4) is 0 Å². The summed E-state index contributed by atoms with van der Waals surface area (Å²) in [5, 5.41) is 17.4. The second kappa shape index (κ2) is 6.86. The summed E-state index contributed by atoms with van der Waals surface area (Å²) in [4.78, 5) is 13.1. The third-order valence-electron chi connectivity index (χ3n) is 2.09. The molecular weight excluding hydrogens is 170 g/mol. The molecule has 1 unspecified atom stereocenters. The van der Waals surface area contributed by atoms with Crippen LogP contribution in [0.4, 0.5) is 0 Å². The monoisotopic (exact) mass is 189 g/mol. The minimum absolute atomic E-state index is 0.00519. The van der Waals surface area contributed by atoms with Crippen LogP contribution in [0.15, 0.2) is 0 Å². The Morgan fingerprint density at radius 3 is 2.08 bits per heavy atom. The van der Waals surface area contributed by atoms with Crippen LogP contribution in [0.5, 0.6) is 0 Å². The molecule has 0 spiro atoms. The smallest absolute Gasteiger partial charge is 0.225 e. The Morgan fingerprint density at radius 2 is 1.77 bits per heavy atom. The standard InChI is InChI=1S/C9H19NO3/c1-3-8(2)9(13)10(4-6-11)5-7-12/h8,11-12H,3-7H2,1-2H3. The van der Waals surface area contributed by atoms with Crippen molar-refractivity contribution in [2.24, 2.45) is 5.92 Å². The van der Waals surface area contributed by atoms with Crippen LogP contribution in [0, 0.1) is 5.92 Å². The normalized spacial score (nSPS) is 12.6. The van der Waals surface area contributed by atoms with E-state index in [1.807, 2.05) is 13.8 Å². The predicted octanol–water partition coefficient (Wildman–Crippen LogP) is -0.154. The molecule has 0 saturated heterocycles. The van der Waals surface area contributed by atoms with E-state index in [0.717, 1.165) is 6.42 Å². The summed E-state index contributed by atoms with van der Waals surface area (Å²) in [7, 11) is 0. The zero-order valence-electron chi connectivity index (χ0n) is 8.36. The van der Waals surface area contributed by atoms with Gasteiger partial charge in [0, 0.05) is 19.0 Å². The van der Waals surface area contributed by atoms with Gasteiger partial charge < -0.3 is 15.1 Å². The SMILES string of the molecule is CCC(C)C(=O)N(CCO)CCO. The van der Waals surface area contributed by atoms with Crippen molar-refractivity contribution >= 4 is 5.91 Å². The van der Waals surface area contributed by atoms with Gasteiger partial charge in [0.2, 0.25) is 5.91 Å². The predicted molar refractivity (Wildman–Crippen MR) is 50.2 cm³/mol. The Kier molecular flexibility index (Phi) is 6.54. The molecule has 0 fully saturated rings. The van der Waals surface area contributed by atoms with Gasteiger partial charge in [-0.3, -0.25) is 4.79 Å². The first-order chi connectivity index (χ1) is 6.17. The van der Waals surface area contributed by atoms with Crippen molar-refractivity contribution in [1.82, 2.24) is 4.90 Å². The van der Waals surface area contributed by atoms with Crippen molar-refractivity contribution in [3.05, 3.63) is 0 Å². The van der Waals surface area contributed by atoms with Crippen molar-refractivity contribution < 1.29 is 15.0 Å². The largest absolute Gasteiger partial charge is 0.395 e. The minimum atomic E-state index is -0.0534. The Labute approximate surface area is 79.2 Å². The number of amides is 1. The van der Waals surface area contributed by atoms with Crippen LogP contribution in [-0.2, 0) is 4.79 Å². The van der Waals surface area contributed by atoms with Gasteiger partial charge in [0.25, 0.3) is 0 Å². The lowest BCUT2D eigenvalue weighted by atomic mass is 10.1. The first kappa shape index (κ1) is 12.4. The number of carbonyl (C=O) groups is 1.